The third kappa shape index (κ3) is 3.33. The molecule has 4 rings (SSSR count). The van der Waals surface area contributed by atoms with Crippen LogP contribution in [0.3, 0.4) is 0 Å². The number of hydrogen-bond acceptors (Lipinski definition) is 2. The van der Waals surface area contributed by atoms with Crippen molar-refractivity contribution in [3.05, 3.63) is 72.4 Å². The number of benzene rings is 2. The zero-order valence-electron chi connectivity index (χ0n) is 14.2. The number of nitrogens with zero attached hydrogens (tertiary/aromatic N) is 2. The Balaban J connectivity index is 1.63. The van der Waals surface area contributed by atoms with Crippen LogP contribution in [0.4, 0.5) is 0 Å². The molecule has 1 aliphatic carbocycles. The highest BCUT2D eigenvalue weighted by molar-refractivity contribution is 5.81. The normalized spacial score (nSPS) is 18.8. The van der Waals surface area contributed by atoms with Gasteiger partial charge in [-0.1, -0.05) is 55.5 Å². The number of carbonyl (C=O) groups excluding carboxylic acids is 1. The number of amides is 1. The van der Waals surface area contributed by atoms with E-state index in [0.29, 0.717) is 12.5 Å². The molecule has 1 N–H and O–H groups in total. The largest absolute Gasteiger partial charge is 0.352 e. The molecule has 4 heteroatoms. The summed E-state index contributed by atoms with van der Waals surface area (Å²) in [6.07, 6.45) is 3.01. The van der Waals surface area contributed by atoms with E-state index in [-0.39, 0.29) is 11.8 Å². The predicted molar refractivity (Wildman–Crippen MR) is 98.1 cm³/mol. The zero-order chi connectivity index (χ0) is 17.2. The highest BCUT2D eigenvalue weighted by Crippen LogP contribution is 2.37. The van der Waals surface area contributed by atoms with E-state index in [0.717, 1.165) is 28.9 Å². The van der Waals surface area contributed by atoms with Gasteiger partial charge >= 0.3 is 0 Å². The van der Waals surface area contributed by atoms with Gasteiger partial charge < -0.3 is 5.32 Å². The molecule has 1 aromatic heterocycles. The van der Waals surface area contributed by atoms with Gasteiger partial charge in [0, 0.05) is 29.8 Å². The molecular weight excluding hydrogens is 310 g/mol. The van der Waals surface area contributed by atoms with Crippen LogP contribution in [0.15, 0.2) is 66.9 Å². The first-order chi connectivity index (χ1) is 12.2. The molecule has 0 bridgehead atoms. The van der Waals surface area contributed by atoms with Crippen molar-refractivity contribution in [3.63, 3.8) is 0 Å². The Labute approximate surface area is 147 Å². The second-order valence-electron chi connectivity index (χ2n) is 6.69. The van der Waals surface area contributed by atoms with E-state index in [1.807, 2.05) is 71.5 Å². The summed E-state index contributed by atoms with van der Waals surface area (Å²) >= 11 is 0. The van der Waals surface area contributed by atoms with Crippen LogP contribution in [0.5, 0.6) is 0 Å². The van der Waals surface area contributed by atoms with E-state index in [9.17, 15) is 4.79 Å². The van der Waals surface area contributed by atoms with Crippen molar-refractivity contribution >= 4 is 5.91 Å². The molecule has 1 saturated carbocycles. The lowest BCUT2D eigenvalue weighted by Crippen LogP contribution is -2.24. The molecule has 1 aliphatic rings. The average molecular weight is 331 g/mol. The van der Waals surface area contributed by atoms with Crippen LogP contribution in [0.25, 0.3) is 16.9 Å². The summed E-state index contributed by atoms with van der Waals surface area (Å²) in [5, 5.41) is 7.84. The molecule has 1 fully saturated rings. The van der Waals surface area contributed by atoms with E-state index < -0.39 is 0 Å². The second kappa shape index (κ2) is 6.55. The van der Waals surface area contributed by atoms with Crippen LogP contribution < -0.4 is 5.32 Å². The van der Waals surface area contributed by atoms with Crippen molar-refractivity contribution in [2.75, 3.05) is 0 Å². The number of aromatic nitrogens is 2. The summed E-state index contributed by atoms with van der Waals surface area (Å²) in [6, 6.07) is 20.1. The summed E-state index contributed by atoms with van der Waals surface area (Å²) in [5.41, 5.74) is 4.00. The molecular formula is C21H21N3O. The number of hydrogen-bond donors (Lipinski definition) is 1. The molecule has 2 unspecified atom stereocenters. The maximum Gasteiger partial charge on any atom is 0.223 e. The summed E-state index contributed by atoms with van der Waals surface area (Å²) in [7, 11) is 0. The van der Waals surface area contributed by atoms with Crippen LogP contribution in [0, 0.1) is 11.8 Å². The molecule has 126 valence electrons. The zero-order valence-corrected chi connectivity index (χ0v) is 14.2. The van der Waals surface area contributed by atoms with Crippen molar-refractivity contribution in [2.24, 2.45) is 11.8 Å². The van der Waals surface area contributed by atoms with Crippen molar-refractivity contribution in [1.29, 1.82) is 0 Å². The van der Waals surface area contributed by atoms with Gasteiger partial charge in [0.1, 0.15) is 0 Å². The number of rotatable bonds is 5. The topological polar surface area (TPSA) is 46.9 Å². The molecule has 0 aliphatic heterocycles. The van der Waals surface area contributed by atoms with Gasteiger partial charge in [-0.2, -0.15) is 5.10 Å². The maximum atomic E-state index is 12.2. The van der Waals surface area contributed by atoms with Crippen molar-refractivity contribution < 1.29 is 4.79 Å². The summed E-state index contributed by atoms with van der Waals surface area (Å²) in [6.45, 7) is 2.62. The third-order valence-electron chi connectivity index (χ3n) is 4.76. The standard InChI is InChI=1S/C21H21N3O/c1-15-12-19(15)21(25)22-13-17-14-24(18-10-6-3-7-11-18)23-20(17)16-8-4-2-5-9-16/h2-11,14-15,19H,12-13H2,1H3,(H,22,25). The number of para-hydroxylation sites is 1. The molecule has 3 aromatic rings. The van der Waals surface area contributed by atoms with E-state index in [1.54, 1.807) is 0 Å². The smallest absolute Gasteiger partial charge is 0.223 e. The SMILES string of the molecule is CC1CC1C(=O)NCc1cn(-c2ccccc2)nc1-c1ccccc1. The molecule has 0 spiro atoms. The van der Waals surface area contributed by atoms with Gasteiger partial charge in [-0.15, -0.1) is 0 Å². The van der Waals surface area contributed by atoms with Gasteiger partial charge in [-0.25, -0.2) is 4.68 Å². The Kier molecular flexibility index (Phi) is 4.10. The second-order valence-corrected chi connectivity index (χ2v) is 6.69. The van der Waals surface area contributed by atoms with Crippen LogP contribution in [0.1, 0.15) is 18.9 Å². The van der Waals surface area contributed by atoms with Gasteiger partial charge in [0.25, 0.3) is 0 Å². The van der Waals surface area contributed by atoms with Crippen molar-refractivity contribution in [2.45, 2.75) is 19.9 Å². The Hall–Kier alpha value is -2.88. The monoisotopic (exact) mass is 331 g/mol. The summed E-state index contributed by atoms with van der Waals surface area (Å²) < 4.78 is 1.88. The fraction of sp³-hybridized carbons (Fsp3) is 0.238. The minimum absolute atomic E-state index is 0.152. The van der Waals surface area contributed by atoms with Crippen LogP contribution in [-0.2, 0) is 11.3 Å². The number of carbonyl (C=O) groups is 1. The van der Waals surface area contributed by atoms with E-state index in [4.69, 9.17) is 5.10 Å². The first kappa shape index (κ1) is 15.6. The predicted octanol–water partition coefficient (Wildman–Crippen LogP) is 3.81. The lowest BCUT2D eigenvalue weighted by molar-refractivity contribution is -0.122. The van der Waals surface area contributed by atoms with E-state index in [1.165, 1.54) is 0 Å². The average Bonchev–Trinajstić information content (AvgIpc) is 3.24. The molecule has 0 radical (unpaired) electrons. The quantitative estimate of drug-likeness (QED) is 0.773. The molecule has 25 heavy (non-hydrogen) atoms. The highest BCUT2D eigenvalue weighted by atomic mass is 16.2. The van der Waals surface area contributed by atoms with Crippen LogP contribution >= 0.6 is 0 Å². The molecule has 1 heterocycles. The molecule has 2 atom stereocenters. The minimum Gasteiger partial charge on any atom is -0.352 e. The number of nitrogens with one attached hydrogen (secondary N) is 1. The molecule has 1 amide bonds. The third-order valence-corrected chi connectivity index (χ3v) is 4.76. The lowest BCUT2D eigenvalue weighted by Gasteiger charge is -2.05. The van der Waals surface area contributed by atoms with E-state index in [2.05, 4.69) is 12.2 Å². The Bertz CT molecular complexity index is 871. The van der Waals surface area contributed by atoms with E-state index >= 15 is 0 Å². The van der Waals surface area contributed by atoms with Gasteiger partial charge in [0.05, 0.1) is 11.4 Å². The minimum atomic E-state index is 0.152. The first-order valence-electron chi connectivity index (χ1n) is 8.69. The van der Waals surface area contributed by atoms with Gasteiger partial charge in [-0.3, -0.25) is 4.79 Å². The van der Waals surface area contributed by atoms with Gasteiger partial charge in [0.15, 0.2) is 0 Å². The first-order valence-corrected chi connectivity index (χ1v) is 8.69. The highest BCUT2D eigenvalue weighted by Gasteiger charge is 2.38. The Morgan fingerprint density at radius 1 is 1.12 bits per heavy atom. The summed E-state index contributed by atoms with van der Waals surface area (Å²) in [4.78, 5) is 12.2. The van der Waals surface area contributed by atoms with Gasteiger partial charge in [-0.05, 0) is 24.5 Å². The molecule has 2 aromatic carbocycles. The molecule has 0 saturated heterocycles. The van der Waals surface area contributed by atoms with Crippen LogP contribution in [-0.4, -0.2) is 15.7 Å². The summed E-state index contributed by atoms with van der Waals surface area (Å²) in [5.74, 6) is 0.851. The maximum absolute atomic E-state index is 12.2. The Morgan fingerprint density at radius 2 is 1.76 bits per heavy atom. The Morgan fingerprint density at radius 3 is 2.40 bits per heavy atom. The van der Waals surface area contributed by atoms with Crippen molar-refractivity contribution in [3.8, 4) is 16.9 Å². The molecule has 4 nitrogen and oxygen atoms in total. The fourth-order valence-corrected chi connectivity index (χ4v) is 3.09. The van der Waals surface area contributed by atoms with Crippen molar-refractivity contribution in [1.82, 2.24) is 15.1 Å². The van der Waals surface area contributed by atoms with Crippen LogP contribution in [0.2, 0.25) is 0 Å². The van der Waals surface area contributed by atoms with Gasteiger partial charge in [0.2, 0.25) is 5.91 Å². The fourth-order valence-electron chi connectivity index (χ4n) is 3.09. The lowest BCUT2D eigenvalue weighted by atomic mass is 10.1.